The van der Waals surface area contributed by atoms with Crippen molar-refractivity contribution >= 4 is 5.91 Å². The third-order valence-corrected chi connectivity index (χ3v) is 3.17. The number of amides is 1. The van der Waals surface area contributed by atoms with Crippen molar-refractivity contribution in [3.05, 3.63) is 18.2 Å². The van der Waals surface area contributed by atoms with E-state index in [0.717, 1.165) is 18.9 Å². The average molecular weight is 247 g/mol. The highest BCUT2D eigenvalue weighted by atomic mass is 16.2. The Morgan fingerprint density at radius 2 is 2.44 bits per heavy atom. The second kappa shape index (κ2) is 5.65. The van der Waals surface area contributed by atoms with E-state index in [0.29, 0.717) is 26.1 Å². The first-order valence-corrected chi connectivity index (χ1v) is 6.04. The maximum Gasteiger partial charge on any atom is 0.236 e. The number of nitrogens with zero attached hydrogens (tertiary/aromatic N) is 5. The lowest BCUT2D eigenvalue weighted by atomic mass is 10.3. The van der Waals surface area contributed by atoms with Gasteiger partial charge in [0, 0.05) is 39.1 Å². The molecule has 0 atom stereocenters. The molecule has 96 valence electrons. The minimum Gasteiger partial charge on any atom is -0.344 e. The average Bonchev–Trinajstić information content (AvgIpc) is 2.83. The summed E-state index contributed by atoms with van der Waals surface area (Å²) in [6.07, 6.45) is 4.14. The molecule has 1 aliphatic heterocycles. The maximum absolute atomic E-state index is 11.9. The molecule has 18 heavy (non-hydrogen) atoms. The first kappa shape index (κ1) is 12.6. The molecule has 0 spiro atoms. The van der Waals surface area contributed by atoms with Crippen LogP contribution in [0.3, 0.4) is 0 Å². The van der Waals surface area contributed by atoms with Crippen molar-refractivity contribution in [2.75, 3.05) is 26.7 Å². The number of hydrogen-bond donors (Lipinski definition) is 0. The molecule has 1 aliphatic rings. The van der Waals surface area contributed by atoms with Gasteiger partial charge in [-0.1, -0.05) is 0 Å². The summed E-state index contributed by atoms with van der Waals surface area (Å²) in [5, 5.41) is 8.49. The van der Waals surface area contributed by atoms with Gasteiger partial charge in [-0.05, 0) is 0 Å². The molecule has 6 nitrogen and oxygen atoms in total. The zero-order valence-electron chi connectivity index (χ0n) is 10.5. The Bertz CT molecular complexity index is 461. The summed E-state index contributed by atoms with van der Waals surface area (Å²) in [6, 6.07) is 2.05. The number of rotatable bonds is 4. The van der Waals surface area contributed by atoms with Crippen LogP contribution in [0, 0.1) is 11.3 Å². The van der Waals surface area contributed by atoms with Gasteiger partial charge >= 0.3 is 0 Å². The van der Waals surface area contributed by atoms with Crippen LogP contribution in [0.25, 0.3) is 0 Å². The van der Waals surface area contributed by atoms with Crippen LogP contribution in [0.5, 0.6) is 0 Å². The number of aromatic nitrogens is 2. The second-order valence-corrected chi connectivity index (χ2v) is 4.47. The fourth-order valence-electron chi connectivity index (χ4n) is 2.01. The number of likely N-dealkylation sites (N-methyl/N-ethyl adjacent to an activating group) is 1. The fourth-order valence-corrected chi connectivity index (χ4v) is 2.01. The zero-order chi connectivity index (χ0) is 13.0. The number of carbonyl (C=O) groups excluding carboxylic acids is 1. The molecule has 0 N–H and O–H groups in total. The summed E-state index contributed by atoms with van der Waals surface area (Å²) in [6.45, 7) is 3.35. The topological polar surface area (TPSA) is 65.2 Å². The summed E-state index contributed by atoms with van der Waals surface area (Å²) in [5.41, 5.74) is 0. The standard InChI is InChI=1S/C12H17N5O/c1-15(5-2-3-13)12(18)10-16-7-8-17-6-4-14-11(17)9-16/h4,6H,2,5,7-10H2,1H3. The smallest absolute Gasteiger partial charge is 0.236 e. The Balaban J connectivity index is 1.84. The number of carbonyl (C=O) groups is 1. The first-order valence-electron chi connectivity index (χ1n) is 6.04. The number of hydrogen-bond acceptors (Lipinski definition) is 4. The quantitative estimate of drug-likeness (QED) is 0.755. The molecule has 2 heterocycles. The van der Waals surface area contributed by atoms with Crippen molar-refractivity contribution < 1.29 is 4.79 Å². The highest BCUT2D eigenvalue weighted by molar-refractivity contribution is 5.78. The highest BCUT2D eigenvalue weighted by Gasteiger charge is 2.20. The Hall–Kier alpha value is -1.87. The van der Waals surface area contributed by atoms with Crippen molar-refractivity contribution in [2.45, 2.75) is 19.5 Å². The summed E-state index contributed by atoms with van der Waals surface area (Å²) in [7, 11) is 1.74. The van der Waals surface area contributed by atoms with E-state index in [1.165, 1.54) is 0 Å². The third-order valence-electron chi connectivity index (χ3n) is 3.17. The third kappa shape index (κ3) is 2.87. The first-order chi connectivity index (χ1) is 8.70. The molecule has 1 amide bonds. The lowest BCUT2D eigenvalue weighted by molar-refractivity contribution is -0.131. The van der Waals surface area contributed by atoms with E-state index >= 15 is 0 Å². The van der Waals surface area contributed by atoms with Crippen molar-refractivity contribution in [1.29, 1.82) is 5.26 Å². The van der Waals surface area contributed by atoms with Crippen molar-refractivity contribution in [3.8, 4) is 6.07 Å². The van der Waals surface area contributed by atoms with Gasteiger partial charge in [-0.3, -0.25) is 9.69 Å². The molecule has 1 aromatic heterocycles. The van der Waals surface area contributed by atoms with E-state index in [9.17, 15) is 4.79 Å². The summed E-state index contributed by atoms with van der Waals surface area (Å²) in [5.74, 6) is 1.07. The summed E-state index contributed by atoms with van der Waals surface area (Å²) in [4.78, 5) is 19.9. The second-order valence-electron chi connectivity index (χ2n) is 4.47. The normalized spacial score (nSPS) is 14.9. The van der Waals surface area contributed by atoms with Crippen LogP contribution in [0.1, 0.15) is 12.2 Å². The molecule has 0 aliphatic carbocycles. The van der Waals surface area contributed by atoms with E-state index < -0.39 is 0 Å². The van der Waals surface area contributed by atoms with Gasteiger partial charge in [0.25, 0.3) is 0 Å². The molecule has 0 aromatic carbocycles. The van der Waals surface area contributed by atoms with Gasteiger partial charge in [0.15, 0.2) is 0 Å². The summed E-state index contributed by atoms with van der Waals surface area (Å²) < 4.78 is 2.11. The molecule has 0 fully saturated rings. The fraction of sp³-hybridized carbons (Fsp3) is 0.583. The van der Waals surface area contributed by atoms with Gasteiger partial charge in [0.1, 0.15) is 5.82 Å². The predicted octanol–water partition coefficient (Wildman–Crippen LogP) is 0.0708. The van der Waals surface area contributed by atoms with Gasteiger partial charge in [0.2, 0.25) is 5.91 Å². The van der Waals surface area contributed by atoms with Crippen LogP contribution in [0.15, 0.2) is 12.4 Å². The number of imidazole rings is 1. The van der Waals surface area contributed by atoms with Gasteiger partial charge < -0.3 is 9.47 Å². The van der Waals surface area contributed by atoms with Crippen molar-refractivity contribution in [3.63, 3.8) is 0 Å². The van der Waals surface area contributed by atoms with Gasteiger partial charge in [0.05, 0.1) is 25.6 Å². The minimum absolute atomic E-state index is 0.0604. The molecule has 0 bridgehead atoms. The van der Waals surface area contributed by atoms with Crippen LogP contribution in [0.4, 0.5) is 0 Å². The Morgan fingerprint density at radius 1 is 1.61 bits per heavy atom. The Labute approximate surface area is 106 Å². The lowest BCUT2D eigenvalue weighted by Crippen LogP contribution is -2.42. The summed E-state index contributed by atoms with van der Waals surface area (Å²) >= 11 is 0. The van der Waals surface area contributed by atoms with Crippen LogP contribution in [0.2, 0.25) is 0 Å². The highest BCUT2D eigenvalue weighted by Crippen LogP contribution is 2.09. The van der Waals surface area contributed by atoms with Gasteiger partial charge in [-0.25, -0.2) is 4.98 Å². The maximum atomic E-state index is 11.9. The largest absolute Gasteiger partial charge is 0.344 e. The Morgan fingerprint density at radius 3 is 3.22 bits per heavy atom. The van der Waals surface area contributed by atoms with Crippen molar-refractivity contribution in [2.24, 2.45) is 0 Å². The van der Waals surface area contributed by atoms with Crippen molar-refractivity contribution in [1.82, 2.24) is 19.4 Å². The molecular formula is C12H17N5O. The minimum atomic E-state index is 0.0604. The zero-order valence-corrected chi connectivity index (χ0v) is 10.5. The SMILES string of the molecule is CN(CCC#N)C(=O)CN1CCn2ccnc2C1. The lowest BCUT2D eigenvalue weighted by Gasteiger charge is -2.28. The molecule has 6 heteroatoms. The number of fused-ring (bicyclic) bond motifs is 1. The van der Waals surface area contributed by atoms with Gasteiger partial charge in [-0.2, -0.15) is 5.26 Å². The molecule has 0 saturated heterocycles. The molecule has 2 rings (SSSR count). The molecule has 0 saturated carbocycles. The number of nitriles is 1. The molecule has 0 unspecified atom stereocenters. The van der Waals surface area contributed by atoms with E-state index in [2.05, 4.69) is 14.5 Å². The molecule has 1 aromatic rings. The van der Waals surface area contributed by atoms with Crippen LogP contribution in [-0.4, -0.2) is 51.9 Å². The predicted molar refractivity (Wildman–Crippen MR) is 65.4 cm³/mol. The van der Waals surface area contributed by atoms with E-state index in [-0.39, 0.29) is 5.91 Å². The molecular weight excluding hydrogens is 230 g/mol. The van der Waals surface area contributed by atoms with E-state index in [1.54, 1.807) is 18.1 Å². The van der Waals surface area contributed by atoms with Crippen LogP contribution < -0.4 is 0 Å². The van der Waals surface area contributed by atoms with Gasteiger partial charge in [-0.15, -0.1) is 0 Å². The van der Waals surface area contributed by atoms with E-state index in [1.807, 2.05) is 12.3 Å². The van der Waals surface area contributed by atoms with Crippen LogP contribution in [-0.2, 0) is 17.9 Å². The molecule has 0 radical (unpaired) electrons. The van der Waals surface area contributed by atoms with E-state index in [4.69, 9.17) is 5.26 Å². The monoisotopic (exact) mass is 247 g/mol. The Kier molecular flexibility index (Phi) is 3.95. The van der Waals surface area contributed by atoms with Crippen LogP contribution >= 0.6 is 0 Å².